The third kappa shape index (κ3) is 1.45. The van der Waals surface area contributed by atoms with Crippen LogP contribution in [0.25, 0.3) is 0 Å². The molecule has 1 aromatic rings. The topological polar surface area (TPSA) is 38.9 Å². The fraction of sp³-hybridized carbons (Fsp3) is 0.167. The van der Waals surface area contributed by atoms with Crippen LogP contribution in [-0.4, -0.2) is 12.8 Å². The van der Waals surface area contributed by atoms with Crippen LogP contribution < -0.4 is 5.73 Å². The fourth-order valence-corrected chi connectivity index (χ4v) is 0.714. The Labute approximate surface area is 55.5 Å². The van der Waals surface area contributed by atoms with E-state index in [9.17, 15) is 0 Å². The highest BCUT2D eigenvalue weighted by Crippen LogP contribution is 2.00. The second kappa shape index (κ2) is 2.53. The Morgan fingerprint density at radius 1 is 1.67 bits per heavy atom. The van der Waals surface area contributed by atoms with Crippen LogP contribution in [0.2, 0.25) is 0 Å². The lowest BCUT2D eigenvalue weighted by molar-refractivity contribution is 1.28. The van der Waals surface area contributed by atoms with Gasteiger partial charge in [-0.15, -0.1) is 0 Å². The van der Waals surface area contributed by atoms with Crippen LogP contribution in [0.4, 0.5) is 5.82 Å². The molecule has 0 atom stereocenters. The minimum atomic E-state index is 0.606. The summed E-state index contributed by atoms with van der Waals surface area (Å²) in [6.45, 7) is 0. The Morgan fingerprint density at radius 3 is 2.89 bits per heavy atom. The Bertz CT molecular complexity index is 200. The monoisotopic (exact) mass is 120 g/mol. The summed E-state index contributed by atoms with van der Waals surface area (Å²) in [5.41, 5.74) is 6.66. The molecule has 0 spiro atoms. The second-order valence-electron chi connectivity index (χ2n) is 1.94. The third-order valence-electron chi connectivity index (χ3n) is 1.25. The molecule has 1 heterocycles. The van der Waals surface area contributed by atoms with E-state index in [1.165, 1.54) is 5.56 Å². The van der Waals surface area contributed by atoms with E-state index >= 15 is 0 Å². The van der Waals surface area contributed by atoms with E-state index in [4.69, 9.17) is 5.73 Å². The van der Waals surface area contributed by atoms with E-state index in [1.54, 1.807) is 6.20 Å². The van der Waals surface area contributed by atoms with E-state index in [0.717, 1.165) is 6.32 Å². The number of nitrogens with zero attached hydrogens (tertiary/aromatic N) is 1. The first-order valence-electron chi connectivity index (χ1n) is 3.03. The van der Waals surface area contributed by atoms with Gasteiger partial charge in [-0.1, -0.05) is 11.9 Å². The number of hydrogen-bond acceptors (Lipinski definition) is 2. The van der Waals surface area contributed by atoms with Gasteiger partial charge in [-0.25, -0.2) is 4.98 Å². The molecule has 3 heteroatoms. The first kappa shape index (κ1) is 6.14. The van der Waals surface area contributed by atoms with E-state index in [0.29, 0.717) is 5.82 Å². The number of rotatable bonds is 1. The van der Waals surface area contributed by atoms with Crippen LogP contribution in [0.5, 0.6) is 0 Å². The minimum Gasteiger partial charge on any atom is -0.384 e. The summed E-state index contributed by atoms with van der Waals surface area (Å²) in [5.74, 6) is 0.606. The summed E-state index contributed by atoms with van der Waals surface area (Å²) in [4.78, 5) is 3.87. The van der Waals surface area contributed by atoms with Gasteiger partial charge in [0, 0.05) is 6.20 Å². The van der Waals surface area contributed by atoms with Gasteiger partial charge in [0.05, 0.1) is 0 Å². The largest absolute Gasteiger partial charge is 0.384 e. The predicted molar refractivity (Wildman–Crippen MR) is 40.9 cm³/mol. The highest BCUT2D eigenvalue weighted by atomic mass is 14.8. The maximum absolute atomic E-state index is 5.42. The van der Waals surface area contributed by atoms with E-state index in [2.05, 4.69) is 12.8 Å². The van der Waals surface area contributed by atoms with E-state index in [1.807, 2.05) is 12.1 Å². The van der Waals surface area contributed by atoms with Crippen molar-refractivity contribution in [2.45, 2.75) is 6.32 Å². The maximum atomic E-state index is 5.42. The molecular weight excluding hydrogens is 111 g/mol. The molecule has 0 fully saturated rings. The van der Waals surface area contributed by atoms with Crippen LogP contribution in [0.1, 0.15) is 5.56 Å². The van der Waals surface area contributed by atoms with Crippen molar-refractivity contribution >= 4 is 13.7 Å². The molecule has 0 aliphatic heterocycles. The van der Waals surface area contributed by atoms with Crippen molar-refractivity contribution in [2.75, 3.05) is 5.73 Å². The Balaban J connectivity index is 2.94. The van der Waals surface area contributed by atoms with Crippen LogP contribution in [0.15, 0.2) is 18.3 Å². The number of nitrogens with two attached hydrogens (primary N) is 1. The van der Waals surface area contributed by atoms with Crippen LogP contribution in [0, 0.1) is 0 Å². The summed E-state index contributed by atoms with van der Waals surface area (Å²) in [6.07, 6.45) is 2.75. The summed E-state index contributed by atoms with van der Waals surface area (Å²) < 4.78 is 0. The molecule has 0 bridgehead atoms. The van der Waals surface area contributed by atoms with Crippen LogP contribution >= 0.6 is 0 Å². The van der Waals surface area contributed by atoms with Gasteiger partial charge >= 0.3 is 0 Å². The molecule has 0 unspecified atom stereocenters. The molecule has 0 aliphatic carbocycles. The zero-order valence-electron chi connectivity index (χ0n) is 5.46. The standard InChI is InChI=1S/C6H9BN2/c7-4-5-1-2-9-6(8)3-5/h1-3H,4,7H2,(H2,8,9). The van der Waals surface area contributed by atoms with Crippen molar-refractivity contribution in [3.8, 4) is 0 Å². The number of aromatic nitrogens is 1. The van der Waals surface area contributed by atoms with E-state index in [-0.39, 0.29) is 0 Å². The molecule has 2 N–H and O–H groups in total. The van der Waals surface area contributed by atoms with Crippen molar-refractivity contribution < 1.29 is 0 Å². The number of nitrogen functional groups attached to an aromatic ring is 1. The number of hydrogen-bond donors (Lipinski definition) is 1. The van der Waals surface area contributed by atoms with Crippen molar-refractivity contribution in [1.29, 1.82) is 0 Å². The van der Waals surface area contributed by atoms with Gasteiger partial charge in [-0.2, -0.15) is 0 Å². The molecule has 0 saturated heterocycles. The molecule has 1 aromatic heterocycles. The zero-order valence-corrected chi connectivity index (χ0v) is 5.46. The van der Waals surface area contributed by atoms with Gasteiger partial charge in [-0.05, 0) is 12.1 Å². The van der Waals surface area contributed by atoms with Gasteiger partial charge in [-0.3, -0.25) is 0 Å². The molecule has 0 saturated carbocycles. The predicted octanol–water partition coefficient (Wildman–Crippen LogP) is -0.203. The van der Waals surface area contributed by atoms with E-state index < -0.39 is 0 Å². The highest BCUT2D eigenvalue weighted by Gasteiger charge is 1.87. The minimum absolute atomic E-state index is 0.606. The maximum Gasteiger partial charge on any atom is 0.123 e. The lowest BCUT2D eigenvalue weighted by Crippen LogP contribution is -1.91. The molecule has 0 amide bonds. The second-order valence-corrected chi connectivity index (χ2v) is 1.94. The smallest absolute Gasteiger partial charge is 0.123 e. The summed E-state index contributed by atoms with van der Waals surface area (Å²) in [5, 5.41) is 0. The molecule has 0 aliphatic rings. The molecule has 0 radical (unpaired) electrons. The van der Waals surface area contributed by atoms with Gasteiger partial charge in [0.25, 0.3) is 0 Å². The molecule has 0 aromatic carbocycles. The first-order valence-corrected chi connectivity index (χ1v) is 3.03. The number of anilines is 1. The third-order valence-corrected chi connectivity index (χ3v) is 1.25. The molecule has 46 valence electrons. The number of pyridine rings is 1. The Kier molecular flexibility index (Phi) is 1.73. The molecule has 2 nitrogen and oxygen atoms in total. The SMILES string of the molecule is BCc1ccnc(N)c1. The average molecular weight is 120 g/mol. The first-order chi connectivity index (χ1) is 4.33. The Morgan fingerprint density at radius 2 is 2.44 bits per heavy atom. The van der Waals surface area contributed by atoms with Gasteiger partial charge in [0.1, 0.15) is 13.7 Å². The van der Waals surface area contributed by atoms with Gasteiger partial charge < -0.3 is 5.73 Å². The average Bonchev–Trinajstić information content (AvgIpc) is 1.88. The Hall–Kier alpha value is -0.985. The van der Waals surface area contributed by atoms with Crippen molar-refractivity contribution in [3.63, 3.8) is 0 Å². The van der Waals surface area contributed by atoms with Gasteiger partial charge in [0.15, 0.2) is 0 Å². The lowest BCUT2D eigenvalue weighted by atomic mass is 9.98. The molecule has 9 heavy (non-hydrogen) atoms. The fourth-order valence-electron chi connectivity index (χ4n) is 0.714. The van der Waals surface area contributed by atoms with Gasteiger partial charge in [0.2, 0.25) is 0 Å². The lowest BCUT2D eigenvalue weighted by Gasteiger charge is -1.94. The summed E-state index contributed by atoms with van der Waals surface area (Å²) in [7, 11) is 2.09. The summed E-state index contributed by atoms with van der Waals surface area (Å²) >= 11 is 0. The quantitative estimate of drug-likeness (QED) is 0.521. The van der Waals surface area contributed by atoms with Crippen LogP contribution in [-0.2, 0) is 6.32 Å². The highest BCUT2D eigenvalue weighted by molar-refractivity contribution is 6.08. The summed E-state index contributed by atoms with van der Waals surface area (Å²) in [6, 6.07) is 3.86. The normalized spacial score (nSPS) is 9.33. The van der Waals surface area contributed by atoms with Crippen LogP contribution in [0.3, 0.4) is 0 Å². The van der Waals surface area contributed by atoms with Crippen molar-refractivity contribution in [2.24, 2.45) is 0 Å². The zero-order chi connectivity index (χ0) is 6.69. The molecular formula is C6H9BN2. The van der Waals surface area contributed by atoms with Crippen molar-refractivity contribution in [3.05, 3.63) is 23.9 Å². The van der Waals surface area contributed by atoms with Crippen molar-refractivity contribution in [1.82, 2.24) is 4.98 Å². The molecule has 1 rings (SSSR count).